The molecule has 130 valence electrons. The Kier molecular flexibility index (Phi) is 6.45. The van der Waals surface area contributed by atoms with Crippen LogP contribution in [0.3, 0.4) is 0 Å². The minimum Gasteiger partial charge on any atom is -0.390 e. The molecule has 5 nitrogen and oxygen atoms in total. The van der Waals surface area contributed by atoms with Crippen molar-refractivity contribution in [2.24, 2.45) is 13.0 Å². The molecule has 6 heteroatoms. The summed E-state index contributed by atoms with van der Waals surface area (Å²) in [5.74, 6) is 0.159. The Morgan fingerprint density at radius 1 is 1.29 bits per heavy atom. The molecule has 0 spiro atoms. The number of carbonyl (C=O) groups excluding carboxylic acids is 1. The SMILES string of the molecule is CC(NC(=O)C(Sc1ncc(CO)n1C)C(C)C)c1ccccc1. The largest absolute Gasteiger partial charge is 0.390 e. The van der Waals surface area contributed by atoms with Crippen molar-refractivity contribution in [3.05, 3.63) is 47.8 Å². The second-order valence-corrected chi connectivity index (χ2v) is 7.28. The minimum absolute atomic E-state index is 0.0000912. The summed E-state index contributed by atoms with van der Waals surface area (Å²) in [5, 5.41) is 12.9. The second-order valence-electron chi connectivity index (χ2n) is 6.17. The van der Waals surface area contributed by atoms with E-state index in [1.807, 2.05) is 62.7 Å². The first-order valence-corrected chi connectivity index (χ1v) is 8.95. The molecule has 2 unspecified atom stereocenters. The number of thioether (sulfide) groups is 1. The van der Waals surface area contributed by atoms with Gasteiger partial charge in [-0.05, 0) is 18.4 Å². The Bertz CT molecular complexity index is 670. The summed E-state index contributed by atoms with van der Waals surface area (Å²) in [6.07, 6.45) is 1.64. The van der Waals surface area contributed by atoms with Gasteiger partial charge in [0.05, 0.1) is 29.8 Å². The highest BCUT2D eigenvalue weighted by Gasteiger charge is 2.26. The Hall–Kier alpha value is -1.79. The molecule has 2 aromatic rings. The monoisotopic (exact) mass is 347 g/mol. The first kappa shape index (κ1) is 18.5. The highest BCUT2D eigenvalue weighted by molar-refractivity contribution is 8.00. The molecule has 1 aromatic heterocycles. The summed E-state index contributed by atoms with van der Waals surface area (Å²) < 4.78 is 1.83. The molecule has 0 bridgehead atoms. The van der Waals surface area contributed by atoms with Crippen molar-refractivity contribution in [2.75, 3.05) is 0 Å². The molecular formula is C18H25N3O2S. The van der Waals surface area contributed by atoms with Crippen molar-refractivity contribution >= 4 is 17.7 Å². The predicted molar refractivity (Wildman–Crippen MR) is 96.6 cm³/mol. The van der Waals surface area contributed by atoms with Crippen LogP contribution in [0, 0.1) is 5.92 Å². The van der Waals surface area contributed by atoms with E-state index in [4.69, 9.17) is 0 Å². The number of aliphatic hydroxyl groups excluding tert-OH is 1. The number of hydrogen-bond donors (Lipinski definition) is 2. The lowest BCUT2D eigenvalue weighted by Crippen LogP contribution is -2.37. The Morgan fingerprint density at radius 3 is 2.50 bits per heavy atom. The van der Waals surface area contributed by atoms with Gasteiger partial charge in [0, 0.05) is 7.05 Å². The molecule has 0 saturated heterocycles. The van der Waals surface area contributed by atoms with E-state index in [-0.39, 0.29) is 29.7 Å². The first-order chi connectivity index (χ1) is 11.4. The zero-order chi connectivity index (χ0) is 17.7. The van der Waals surface area contributed by atoms with E-state index >= 15 is 0 Å². The normalized spacial score (nSPS) is 13.8. The summed E-state index contributed by atoms with van der Waals surface area (Å²) in [7, 11) is 1.85. The lowest BCUT2D eigenvalue weighted by Gasteiger charge is -2.22. The fraction of sp³-hybridized carbons (Fsp3) is 0.444. The van der Waals surface area contributed by atoms with Gasteiger partial charge in [0.1, 0.15) is 0 Å². The van der Waals surface area contributed by atoms with Crippen molar-refractivity contribution in [3.63, 3.8) is 0 Å². The number of rotatable bonds is 7. The number of aliphatic hydroxyl groups is 1. The zero-order valence-corrected chi connectivity index (χ0v) is 15.4. The van der Waals surface area contributed by atoms with Gasteiger partial charge < -0.3 is 15.0 Å². The molecule has 0 fully saturated rings. The van der Waals surface area contributed by atoms with Crippen molar-refractivity contribution in [2.45, 2.75) is 43.8 Å². The second kappa shape index (κ2) is 8.35. The van der Waals surface area contributed by atoms with Crippen LogP contribution in [0.5, 0.6) is 0 Å². The Morgan fingerprint density at radius 2 is 1.96 bits per heavy atom. The lowest BCUT2D eigenvalue weighted by atomic mass is 10.1. The van der Waals surface area contributed by atoms with Gasteiger partial charge in [0.2, 0.25) is 5.91 Å². The third kappa shape index (κ3) is 4.39. The number of aromatic nitrogens is 2. The molecule has 1 amide bonds. The molecule has 0 aliphatic carbocycles. The summed E-state index contributed by atoms with van der Waals surface area (Å²) in [6.45, 7) is 5.98. The number of hydrogen-bond acceptors (Lipinski definition) is 4. The number of carbonyl (C=O) groups is 1. The minimum atomic E-state index is -0.246. The van der Waals surface area contributed by atoms with Crippen LogP contribution in [-0.4, -0.2) is 25.8 Å². The molecule has 24 heavy (non-hydrogen) atoms. The van der Waals surface area contributed by atoms with E-state index in [9.17, 15) is 9.90 Å². The number of benzene rings is 1. The van der Waals surface area contributed by atoms with Crippen molar-refractivity contribution in [1.29, 1.82) is 0 Å². The van der Waals surface area contributed by atoms with Crippen LogP contribution in [0.25, 0.3) is 0 Å². The predicted octanol–water partition coefficient (Wildman–Crippen LogP) is 2.91. The molecule has 2 atom stereocenters. The van der Waals surface area contributed by atoms with Crippen LogP contribution in [0.2, 0.25) is 0 Å². The Balaban J connectivity index is 2.09. The third-order valence-corrected chi connectivity index (χ3v) is 5.56. The van der Waals surface area contributed by atoms with Crippen molar-refractivity contribution < 1.29 is 9.90 Å². The molecule has 2 rings (SSSR count). The molecule has 1 aromatic carbocycles. The molecule has 0 aliphatic heterocycles. The van der Waals surface area contributed by atoms with E-state index in [1.54, 1.807) is 6.20 Å². The summed E-state index contributed by atoms with van der Waals surface area (Å²) in [5.41, 5.74) is 1.82. The molecule has 0 aliphatic rings. The van der Waals surface area contributed by atoms with E-state index in [1.165, 1.54) is 11.8 Å². The molecule has 1 heterocycles. The van der Waals surface area contributed by atoms with Crippen LogP contribution in [-0.2, 0) is 18.4 Å². The highest BCUT2D eigenvalue weighted by Crippen LogP contribution is 2.28. The standard InChI is InChI=1S/C18H25N3O2S/c1-12(2)16(24-18-19-10-15(11-22)21(18)4)17(23)20-13(3)14-8-6-5-7-9-14/h5-10,12-13,16,22H,11H2,1-4H3,(H,20,23). The van der Waals surface area contributed by atoms with Gasteiger partial charge in [-0.1, -0.05) is 55.9 Å². The van der Waals surface area contributed by atoms with E-state index in [0.717, 1.165) is 16.4 Å². The van der Waals surface area contributed by atoms with Crippen LogP contribution in [0.1, 0.15) is 38.1 Å². The molecule has 2 N–H and O–H groups in total. The Labute approximate surface area is 147 Å². The fourth-order valence-corrected chi connectivity index (χ4v) is 3.47. The lowest BCUT2D eigenvalue weighted by molar-refractivity contribution is -0.121. The summed E-state index contributed by atoms with van der Waals surface area (Å²) in [4.78, 5) is 17.1. The maximum atomic E-state index is 12.7. The van der Waals surface area contributed by atoms with Gasteiger partial charge in [-0.3, -0.25) is 4.79 Å². The zero-order valence-electron chi connectivity index (χ0n) is 14.6. The smallest absolute Gasteiger partial charge is 0.234 e. The number of imidazole rings is 1. The number of nitrogens with zero attached hydrogens (tertiary/aromatic N) is 2. The fourth-order valence-electron chi connectivity index (χ4n) is 2.41. The molecule has 0 radical (unpaired) electrons. The number of amides is 1. The summed E-state index contributed by atoms with van der Waals surface area (Å²) in [6, 6.07) is 9.87. The van der Waals surface area contributed by atoms with Crippen molar-refractivity contribution in [1.82, 2.24) is 14.9 Å². The average Bonchev–Trinajstić information content (AvgIpc) is 2.92. The maximum Gasteiger partial charge on any atom is 0.234 e. The van der Waals surface area contributed by atoms with Gasteiger partial charge in [0.25, 0.3) is 0 Å². The van der Waals surface area contributed by atoms with Crippen LogP contribution in [0.15, 0.2) is 41.7 Å². The van der Waals surface area contributed by atoms with E-state index < -0.39 is 0 Å². The topological polar surface area (TPSA) is 67.2 Å². The molecule has 0 saturated carbocycles. The quantitative estimate of drug-likeness (QED) is 0.756. The first-order valence-electron chi connectivity index (χ1n) is 8.07. The van der Waals surface area contributed by atoms with Gasteiger partial charge in [-0.15, -0.1) is 0 Å². The van der Waals surface area contributed by atoms with Crippen LogP contribution < -0.4 is 5.32 Å². The summed E-state index contributed by atoms with van der Waals surface area (Å²) >= 11 is 1.43. The van der Waals surface area contributed by atoms with Gasteiger partial charge in [-0.2, -0.15) is 0 Å². The third-order valence-electron chi connectivity index (χ3n) is 3.96. The van der Waals surface area contributed by atoms with E-state index in [0.29, 0.717) is 0 Å². The van der Waals surface area contributed by atoms with Gasteiger partial charge >= 0.3 is 0 Å². The number of nitrogens with one attached hydrogen (secondary N) is 1. The van der Waals surface area contributed by atoms with Gasteiger partial charge in [-0.25, -0.2) is 4.98 Å². The van der Waals surface area contributed by atoms with Crippen molar-refractivity contribution in [3.8, 4) is 0 Å². The van der Waals surface area contributed by atoms with Crippen LogP contribution in [0.4, 0.5) is 0 Å². The van der Waals surface area contributed by atoms with Crippen LogP contribution >= 0.6 is 11.8 Å². The highest BCUT2D eigenvalue weighted by atomic mass is 32.2. The van der Waals surface area contributed by atoms with E-state index in [2.05, 4.69) is 10.3 Å². The maximum absolute atomic E-state index is 12.7. The average molecular weight is 347 g/mol. The van der Waals surface area contributed by atoms with Gasteiger partial charge in [0.15, 0.2) is 5.16 Å². The molecular weight excluding hydrogens is 322 g/mol.